The van der Waals surface area contributed by atoms with Crippen LogP contribution in [0.1, 0.15) is 30.5 Å². The lowest BCUT2D eigenvalue weighted by molar-refractivity contribution is 0.108. The largest absolute Gasteiger partial charge is 0.389 e. The van der Waals surface area contributed by atoms with Gasteiger partial charge in [-0.3, -0.25) is 4.68 Å². The Kier molecular flexibility index (Phi) is 3.87. The van der Waals surface area contributed by atoms with E-state index in [2.05, 4.69) is 10.4 Å². The Labute approximate surface area is 113 Å². The molecule has 1 aliphatic rings. The molecule has 0 spiro atoms. The van der Waals surface area contributed by atoms with Crippen molar-refractivity contribution in [3.8, 4) is 0 Å². The smallest absolute Gasteiger partial charge is 0.134 e. The van der Waals surface area contributed by atoms with Crippen LogP contribution in [0.4, 0.5) is 5.82 Å². The van der Waals surface area contributed by atoms with Crippen LogP contribution >= 0.6 is 12.2 Å². The lowest BCUT2D eigenvalue weighted by Crippen LogP contribution is -2.22. The summed E-state index contributed by atoms with van der Waals surface area (Å²) < 4.78 is 7.19. The number of aryl methyl sites for hydroxylation is 2. The van der Waals surface area contributed by atoms with Gasteiger partial charge >= 0.3 is 0 Å². The van der Waals surface area contributed by atoms with Crippen molar-refractivity contribution < 1.29 is 4.74 Å². The standard InChI is InChI=1S/C12H20N4OS/c1-7-10(11(13)18)12(16(2)15-7)14-8-4-5-9(6-8)17-3/h8-9,14H,4-6H2,1-3H3,(H2,13,18). The van der Waals surface area contributed by atoms with Gasteiger partial charge in [-0.05, 0) is 26.2 Å². The monoisotopic (exact) mass is 268 g/mol. The minimum atomic E-state index is 0.352. The van der Waals surface area contributed by atoms with Gasteiger partial charge in [0.25, 0.3) is 0 Å². The van der Waals surface area contributed by atoms with E-state index in [-0.39, 0.29) is 0 Å². The van der Waals surface area contributed by atoms with E-state index in [1.807, 2.05) is 18.7 Å². The molecule has 1 aliphatic carbocycles. The first-order valence-electron chi connectivity index (χ1n) is 6.15. The first-order valence-corrected chi connectivity index (χ1v) is 6.56. The van der Waals surface area contributed by atoms with Crippen LogP contribution in [0.3, 0.4) is 0 Å². The molecule has 0 saturated heterocycles. The summed E-state index contributed by atoms with van der Waals surface area (Å²) >= 11 is 5.10. The molecule has 0 aliphatic heterocycles. The Morgan fingerprint density at radius 3 is 2.83 bits per heavy atom. The van der Waals surface area contributed by atoms with E-state index >= 15 is 0 Å². The molecule has 0 amide bonds. The molecular formula is C12H20N4OS. The first kappa shape index (κ1) is 13.3. The topological polar surface area (TPSA) is 65.1 Å². The highest BCUT2D eigenvalue weighted by Crippen LogP contribution is 2.27. The number of nitrogens with zero attached hydrogens (tertiary/aromatic N) is 2. The van der Waals surface area contributed by atoms with Gasteiger partial charge in [0, 0.05) is 20.2 Å². The zero-order valence-corrected chi connectivity index (χ0v) is 11.9. The molecule has 1 saturated carbocycles. The average Bonchev–Trinajstić information content (AvgIpc) is 2.85. The lowest BCUT2D eigenvalue weighted by Gasteiger charge is -2.15. The third kappa shape index (κ3) is 2.49. The van der Waals surface area contributed by atoms with Crippen LogP contribution in [0.15, 0.2) is 0 Å². The highest BCUT2D eigenvalue weighted by atomic mass is 32.1. The molecule has 0 bridgehead atoms. The highest BCUT2D eigenvalue weighted by molar-refractivity contribution is 7.80. The number of nitrogens with two attached hydrogens (primary N) is 1. The van der Waals surface area contributed by atoms with Crippen LogP contribution in [0.25, 0.3) is 0 Å². The molecule has 1 fully saturated rings. The molecule has 6 heteroatoms. The number of thiocarbonyl (C=S) groups is 1. The van der Waals surface area contributed by atoms with E-state index in [4.69, 9.17) is 22.7 Å². The number of rotatable bonds is 4. The third-order valence-corrected chi connectivity index (χ3v) is 3.73. The van der Waals surface area contributed by atoms with Crippen molar-refractivity contribution in [1.29, 1.82) is 0 Å². The predicted octanol–water partition coefficient (Wildman–Crippen LogP) is 1.34. The van der Waals surface area contributed by atoms with Gasteiger partial charge in [-0.25, -0.2) is 0 Å². The molecule has 0 aromatic carbocycles. The molecule has 3 N–H and O–H groups in total. The highest BCUT2D eigenvalue weighted by Gasteiger charge is 2.26. The summed E-state index contributed by atoms with van der Waals surface area (Å²) in [7, 11) is 3.67. The third-order valence-electron chi connectivity index (χ3n) is 3.53. The number of aromatic nitrogens is 2. The molecule has 1 aromatic rings. The van der Waals surface area contributed by atoms with E-state index in [9.17, 15) is 0 Å². The van der Waals surface area contributed by atoms with E-state index in [1.54, 1.807) is 7.11 Å². The average molecular weight is 268 g/mol. The summed E-state index contributed by atoms with van der Waals surface area (Å²) in [4.78, 5) is 0.393. The zero-order chi connectivity index (χ0) is 13.3. The summed E-state index contributed by atoms with van der Waals surface area (Å²) in [5.41, 5.74) is 7.49. The van der Waals surface area contributed by atoms with Crippen molar-refractivity contribution >= 4 is 23.0 Å². The molecule has 1 heterocycles. The quantitative estimate of drug-likeness (QED) is 0.807. The second kappa shape index (κ2) is 5.24. The van der Waals surface area contributed by atoms with Crippen molar-refractivity contribution in [2.75, 3.05) is 12.4 Å². The fourth-order valence-electron chi connectivity index (χ4n) is 2.60. The Bertz CT molecular complexity index is 457. The van der Waals surface area contributed by atoms with Gasteiger partial charge in [-0.1, -0.05) is 12.2 Å². The van der Waals surface area contributed by atoms with E-state index < -0.39 is 0 Å². The van der Waals surface area contributed by atoms with Crippen molar-refractivity contribution in [1.82, 2.24) is 9.78 Å². The Morgan fingerprint density at radius 1 is 1.56 bits per heavy atom. The molecule has 1 aromatic heterocycles. The number of hydrogen-bond acceptors (Lipinski definition) is 4. The minimum Gasteiger partial charge on any atom is -0.389 e. The van der Waals surface area contributed by atoms with Crippen LogP contribution < -0.4 is 11.1 Å². The Morgan fingerprint density at radius 2 is 2.28 bits per heavy atom. The number of hydrogen-bond donors (Lipinski definition) is 2. The van der Waals surface area contributed by atoms with Crippen molar-refractivity contribution in [2.45, 2.75) is 38.3 Å². The van der Waals surface area contributed by atoms with E-state index in [0.29, 0.717) is 17.1 Å². The van der Waals surface area contributed by atoms with Crippen molar-refractivity contribution in [2.24, 2.45) is 12.8 Å². The fraction of sp³-hybridized carbons (Fsp3) is 0.667. The second-order valence-corrected chi connectivity index (χ2v) is 5.25. The molecule has 2 rings (SSSR count). The van der Waals surface area contributed by atoms with Crippen molar-refractivity contribution in [3.63, 3.8) is 0 Å². The first-order chi connectivity index (χ1) is 8.52. The number of anilines is 1. The van der Waals surface area contributed by atoms with Gasteiger partial charge in [-0.15, -0.1) is 0 Å². The summed E-state index contributed by atoms with van der Waals surface area (Å²) in [6.45, 7) is 1.92. The summed E-state index contributed by atoms with van der Waals surface area (Å²) in [5, 5.41) is 7.87. The number of nitrogens with one attached hydrogen (secondary N) is 1. The van der Waals surface area contributed by atoms with Crippen LogP contribution in [0, 0.1) is 6.92 Å². The van der Waals surface area contributed by atoms with Gasteiger partial charge in [0.05, 0.1) is 17.4 Å². The SMILES string of the molecule is COC1CCC(Nc2c(C(N)=S)c(C)nn2C)C1. The fourth-order valence-corrected chi connectivity index (χ4v) is 2.84. The van der Waals surface area contributed by atoms with E-state index in [0.717, 1.165) is 36.3 Å². The molecule has 0 radical (unpaired) electrons. The second-order valence-electron chi connectivity index (χ2n) is 4.81. The van der Waals surface area contributed by atoms with Crippen LogP contribution in [-0.4, -0.2) is 34.0 Å². The van der Waals surface area contributed by atoms with Crippen molar-refractivity contribution in [3.05, 3.63) is 11.3 Å². The molecule has 5 nitrogen and oxygen atoms in total. The normalized spacial score (nSPS) is 23.3. The zero-order valence-electron chi connectivity index (χ0n) is 11.1. The van der Waals surface area contributed by atoms with Gasteiger partial charge in [0.15, 0.2) is 0 Å². The number of methoxy groups -OCH3 is 1. The van der Waals surface area contributed by atoms with Crippen LogP contribution in [0.2, 0.25) is 0 Å². The number of ether oxygens (including phenoxy) is 1. The van der Waals surface area contributed by atoms with E-state index in [1.165, 1.54) is 0 Å². The molecule has 100 valence electrons. The van der Waals surface area contributed by atoms with Gasteiger partial charge < -0.3 is 15.8 Å². The summed E-state index contributed by atoms with van der Waals surface area (Å²) in [6, 6.07) is 0.401. The van der Waals surface area contributed by atoms with Gasteiger partial charge in [0.2, 0.25) is 0 Å². The van der Waals surface area contributed by atoms with Gasteiger partial charge in [0.1, 0.15) is 10.8 Å². The maximum absolute atomic E-state index is 5.77. The maximum Gasteiger partial charge on any atom is 0.134 e. The molecule has 18 heavy (non-hydrogen) atoms. The molecule has 2 unspecified atom stereocenters. The predicted molar refractivity (Wildman–Crippen MR) is 75.9 cm³/mol. The summed E-state index contributed by atoms with van der Waals surface area (Å²) in [6.07, 6.45) is 3.55. The molecular weight excluding hydrogens is 248 g/mol. The minimum absolute atomic E-state index is 0.352. The van der Waals surface area contributed by atoms with Gasteiger partial charge in [-0.2, -0.15) is 5.10 Å². The Balaban J connectivity index is 2.17. The lowest BCUT2D eigenvalue weighted by atomic mass is 10.2. The van der Waals surface area contributed by atoms with Crippen LogP contribution in [0.5, 0.6) is 0 Å². The van der Waals surface area contributed by atoms with Crippen LogP contribution in [-0.2, 0) is 11.8 Å². The summed E-state index contributed by atoms with van der Waals surface area (Å²) in [5.74, 6) is 0.918. The maximum atomic E-state index is 5.77. The molecule has 2 atom stereocenters. The Hall–Kier alpha value is -1.14.